The smallest absolute Gasteiger partial charge is 0.280 e. The predicted octanol–water partition coefficient (Wildman–Crippen LogP) is 3.33. The van der Waals surface area contributed by atoms with Crippen LogP contribution in [0.3, 0.4) is 0 Å². The van der Waals surface area contributed by atoms with Gasteiger partial charge in [0.2, 0.25) is 0 Å². The molecule has 2 heterocycles. The third kappa shape index (κ3) is 3.35. The summed E-state index contributed by atoms with van der Waals surface area (Å²) in [5.41, 5.74) is 5.58. The summed E-state index contributed by atoms with van der Waals surface area (Å²) in [6, 6.07) is 4.75. The van der Waals surface area contributed by atoms with Crippen molar-refractivity contribution in [3.05, 3.63) is 47.5 Å². The van der Waals surface area contributed by atoms with Crippen molar-refractivity contribution in [2.45, 2.75) is 37.4 Å². The summed E-state index contributed by atoms with van der Waals surface area (Å²) >= 11 is 0. The zero-order chi connectivity index (χ0) is 22.5. The van der Waals surface area contributed by atoms with E-state index >= 15 is 0 Å². The number of halogens is 4. The zero-order valence-electron chi connectivity index (χ0n) is 16.5. The van der Waals surface area contributed by atoms with Crippen LogP contribution in [-0.2, 0) is 5.54 Å². The number of ether oxygens (including phenoxy) is 1. The largest absolute Gasteiger partial charge is 0.495 e. The highest BCUT2D eigenvalue weighted by Crippen LogP contribution is 2.50. The van der Waals surface area contributed by atoms with Gasteiger partial charge in [-0.3, -0.25) is 9.79 Å². The van der Waals surface area contributed by atoms with Crippen molar-refractivity contribution in [1.29, 1.82) is 0 Å². The molecule has 10 heteroatoms. The number of benzene rings is 1. The van der Waals surface area contributed by atoms with Crippen LogP contribution in [0.25, 0.3) is 11.1 Å². The molecule has 2 unspecified atom stereocenters. The number of carbonyl (C=O) groups is 1. The van der Waals surface area contributed by atoms with Gasteiger partial charge in [-0.15, -0.1) is 0 Å². The first-order chi connectivity index (χ1) is 13.8. The molecule has 0 bridgehead atoms. The second-order valence-electron chi connectivity index (χ2n) is 7.48. The second kappa shape index (κ2) is 6.96. The highest BCUT2D eigenvalue weighted by molar-refractivity contribution is 5.98. The lowest BCUT2D eigenvalue weighted by atomic mass is 9.77. The van der Waals surface area contributed by atoms with Gasteiger partial charge in [0.15, 0.2) is 11.2 Å². The number of nitrogens with zero attached hydrogens (tertiary/aromatic N) is 2. The molecule has 0 aliphatic carbocycles. The highest BCUT2D eigenvalue weighted by atomic mass is 19.3. The fourth-order valence-electron chi connectivity index (χ4n) is 3.42. The number of hydrogen-bond donors (Lipinski definition) is 2. The Labute approximate surface area is 169 Å². The Balaban J connectivity index is 2.26. The lowest BCUT2D eigenvalue weighted by Crippen LogP contribution is -2.56. The molecule has 0 radical (unpaired) electrons. The van der Waals surface area contributed by atoms with Gasteiger partial charge in [-0.1, -0.05) is 6.07 Å². The van der Waals surface area contributed by atoms with Gasteiger partial charge in [0, 0.05) is 11.1 Å². The summed E-state index contributed by atoms with van der Waals surface area (Å²) in [7, 11) is 1.37. The average Bonchev–Trinajstić information content (AvgIpc) is 2.65. The van der Waals surface area contributed by atoms with Crippen molar-refractivity contribution in [2.24, 2.45) is 16.5 Å². The number of methoxy groups -OCH3 is 1. The molecule has 160 valence electrons. The number of amides is 1. The lowest BCUT2D eigenvalue weighted by molar-refractivity contribution is -0.106. The van der Waals surface area contributed by atoms with Gasteiger partial charge in [0.05, 0.1) is 19.7 Å². The molecular weight excluding hydrogens is 404 g/mol. The number of hydrogen-bond acceptors (Lipinski definition) is 5. The van der Waals surface area contributed by atoms with Crippen LogP contribution in [0, 0.1) is 5.82 Å². The second-order valence-corrected chi connectivity index (χ2v) is 7.48. The maximum absolute atomic E-state index is 15.0. The van der Waals surface area contributed by atoms with Crippen LogP contribution in [0.4, 0.5) is 17.6 Å². The summed E-state index contributed by atoms with van der Waals surface area (Å²) in [6.07, 6.45) is 0.000451. The lowest BCUT2D eigenvalue weighted by Gasteiger charge is -2.42. The van der Waals surface area contributed by atoms with Crippen molar-refractivity contribution in [3.63, 3.8) is 0 Å². The summed E-state index contributed by atoms with van der Waals surface area (Å²) in [6.45, 7) is 1.88. The number of pyridine rings is 1. The van der Waals surface area contributed by atoms with Gasteiger partial charge < -0.3 is 16.2 Å². The Kier molecular flexibility index (Phi) is 5.00. The number of primary amides is 1. The van der Waals surface area contributed by atoms with E-state index < -0.39 is 46.7 Å². The van der Waals surface area contributed by atoms with Crippen molar-refractivity contribution in [1.82, 2.24) is 4.98 Å². The molecule has 4 N–H and O–H groups in total. The molecule has 2 atom stereocenters. The van der Waals surface area contributed by atoms with E-state index in [9.17, 15) is 22.4 Å². The van der Waals surface area contributed by atoms with Crippen LogP contribution in [0.15, 0.2) is 35.5 Å². The summed E-state index contributed by atoms with van der Waals surface area (Å²) in [5.74, 6) is -6.00. The Bertz CT molecular complexity index is 1060. The minimum atomic E-state index is -3.75. The van der Waals surface area contributed by atoms with Gasteiger partial charge >= 0.3 is 0 Å². The fraction of sp³-hybridized carbons (Fsp3) is 0.350. The van der Waals surface area contributed by atoms with Crippen molar-refractivity contribution >= 4 is 11.7 Å². The Morgan fingerprint density at radius 1 is 1.20 bits per heavy atom. The molecule has 0 saturated carbocycles. The fourth-order valence-corrected chi connectivity index (χ4v) is 3.42. The van der Waals surface area contributed by atoms with Crippen LogP contribution in [0.2, 0.25) is 0 Å². The monoisotopic (exact) mass is 424 g/mol. The van der Waals surface area contributed by atoms with Crippen LogP contribution in [0.1, 0.15) is 36.3 Å². The number of aliphatic imine (C=N–C) groups is 1. The van der Waals surface area contributed by atoms with Gasteiger partial charge in [0.1, 0.15) is 23.1 Å². The van der Waals surface area contributed by atoms with Crippen LogP contribution >= 0.6 is 0 Å². The normalized spacial score (nSPS) is 25.5. The zero-order valence-corrected chi connectivity index (χ0v) is 16.5. The van der Waals surface area contributed by atoms with Crippen LogP contribution < -0.4 is 16.2 Å². The van der Waals surface area contributed by atoms with Crippen molar-refractivity contribution in [2.75, 3.05) is 7.11 Å². The quantitative estimate of drug-likeness (QED) is 0.735. The Morgan fingerprint density at radius 3 is 2.47 bits per heavy atom. The van der Waals surface area contributed by atoms with Crippen molar-refractivity contribution in [3.8, 4) is 16.9 Å². The third-order valence-corrected chi connectivity index (χ3v) is 5.28. The van der Waals surface area contributed by atoms with E-state index in [0.717, 1.165) is 26.0 Å². The van der Waals surface area contributed by atoms with Gasteiger partial charge in [-0.05, 0) is 37.6 Å². The summed E-state index contributed by atoms with van der Waals surface area (Å²) < 4.78 is 64.1. The molecule has 1 aromatic carbocycles. The molecular formula is C20H20F4N4O2. The minimum Gasteiger partial charge on any atom is -0.495 e. The molecule has 0 spiro atoms. The number of nitrogens with two attached hydrogens (primary N) is 2. The van der Waals surface area contributed by atoms with E-state index in [-0.39, 0.29) is 22.6 Å². The molecule has 30 heavy (non-hydrogen) atoms. The molecule has 1 aromatic heterocycles. The van der Waals surface area contributed by atoms with E-state index in [4.69, 9.17) is 16.2 Å². The molecule has 1 aliphatic rings. The van der Waals surface area contributed by atoms with E-state index in [1.165, 1.54) is 25.4 Å². The summed E-state index contributed by atoms with van der Waals surface area (Å²) in [4.78, 5) is 19.4. The maximum Gasteiger partial charge on any atom is 0.280 e. The maximum atomic E-state index is 15.0. The topological polar surface area (TPSA) is 104 Å². The average molecular weight is 424 g/mol. The molecule has 1 aliphatic heterocycles. The van der Waals surface area contributed by atoms with E-state index in [1.807, 2.05) is 0 Å². The molecule has 1 amide bonds. The van der Waals surface area contributed by atoms with Gasteiger partial charge in [-0.2, -0.15) is 0 Å². The predicted molar refractivity (Wildman–Crippen MR) is 103 cm³/mol. The first-order valence-electron chi connectivity index (χ1n) is 8.89. The summed E-state index contributed by atoms with van der Waals surface area (Å²) in [5, 5.41) is 0. The molecule has 2 aromatic rings. The van der Waals surface area contributed by atoms with E-state index in [1.54, 1.807) is 0 Å². The van der Waals surface area contributed by atoms with E-state index in [2.05, 4.69) is 9.98 Å². The first kappa shape index (κ1) is 21.5. The number of alkyl halides is 3. The molecule has 3 rings (SSSR count). The van der Waals surface area contributed by atoms with Crippen molar-refractivity contribution < 1.29 is 27.1 Å². The number of amidine groups is 1. The highest BCUT2D eigenvalue weighted by Gasteiger charge is 2.60. The molecule has 6 nitrogen and oxygen atoms in total. The number of rotatable bonds is 4. The third-order valence-electron chi connectivity index (χ3n) is 5.28. The SMILES string of the molecule is COc1cnc(C(N)=O)c(-c2ccc(F)c(C3(C)N=C(N)C(C)(F)CC3(F)F)c2)c1. The standard InChI is InChI=1S/C20H20F4N4O2/c1-18(22)9-20(23,24)19(2,28-17(18)26)13-6-10(4-5-14(13)21)12-7-11(30-3)8-27-15(12)16(25)29/h4-8H,9H2,1-3H3,(H2,25,29)(H2,26,28). The first-order valence-corrected chi connectivity index (χ1v) is 8.89. The van der Waals surface area contributed by atoms with Gasteiger partial charge in [-0.25, -0.2) is 22.5 Å². The Hall–Kier alpha value is -3.17. The van der Waals surface area contributed by atoms with Gasteiger partial charge in [0.25, 0.3) is 11.8 Å². The number of carbonyl (C=O) groups excluding carboxylic acids is 1. The molecule has 0 saturated heterocycles. The van der Waals surface area contributed by atoms with Crippen LogP contribution in [0.5, 0.6) is 5.75 Å². The van der Waals surface area contributed by atoms with Crippen LogP contribution in [-0.4, -0.2) is 35.4 Å². The van der Waals surface area contributed by atoms with E-state index in [0.29, 0.717) is 0 Å². The minimum absolute atomic E-state index is 0.151. The number of aromatic nitrogens is 1. The molecule has 0 fully saturated rings. The Morgan fingerprint density at radius 2 is 1.87 bits per heavy atom.